The number of rotatable bonds is 3. The number of pyridine rings is 1. The quantitative estimate of drug-likeness (QED) is 0.805. The van der Waals surface area contributed by atoms with Crippen LogP contribution in [0.1, 0.15) is 29.6 Å². The molecule has 0 amide bonds. The lowest BCUT2D eigenvalue weighted by Crippen LogP contribution is -2.60. The van der Waals surface area contributed by atoms with Crippen LogP contribution in [0.2, 0.25) is 0 Å². The lowest BCUT2D eigenvalue weighted by atomic mass is 9.67. The van der Waals surface area contributed by atoms with Crippen molar-refractivity contribution in [2.45, 2.75) is 25.5 Å². The van der Waals surface area contributed by atoms with Crippen LogP contribution in [-0.2, 0) is 4.74 Å². The highest BCUT2D eigenvalue weighted by atomic mass is 16.6. The van der Waals surface area contributed by atoms with Crippen LogP contribution >= 0.6 is 0 Å². The fourth-order valence-electron chi connectivity index (χ4n) is 5.03. The van der Waals surface area contributed by atoms with E-state index < -0.39 is 0 Å². The van der Waals surface area contributed by atoms with Gasteiger partial charge in [-0.05, 0) is 43.2 Å². The van der Waals surface area contributed by atoms with Gasteiger partial charge < -0.3 is 4.74 Å². The van der Waals surface area contributed by atoms with Crippen molar-refractivity contribution < 1.29 is 9.53 Å². The number of ether oxygens (including phenoxy) is 1. The monoisotopic (exact) mass is 334 g/mol. The van der Waals surface area contributed by atoms with E-state index in [1.54, 1.807) is 6.20 Å². The molecule has 0 N–H and O–H groups in total. The highest BCUT2D eigenvalue weighted by Gasteiger charge is 2.48. The van der Waals surface area contributed by atoms with Crippen LogP contribution in [0.25, 0.3) is 11.3 Å². The minimum atomic E-state index is -0.246. The van der Waals surface area contributed by atoms with Gasteiger partial charge in [-0.1, -0.05) is 30.3 Å². The van der Waals surface area contributed by atoms with Crippen LogP contribution in [0.4, 0.5) is 0 Å². The second-order valence-corrected chi connectivity index (χ2v) is 7.75. The Labute approximate surface area is 147 Å². The first-order valence-corrected chi connectivity index (χ1v) is 9.23. The molecule has 3 aliphatic heterocycles. The van der Waals surface area contributed by atoms with Gasteiger partial charge in [-0.15, -0.1) is 0 Å². The topological polar surface area (TPSA) is 42.4 Å². The molecule has 6 rings (SSSR count). The third-order valence-electron chi connectivity index (χ3n) is 5.98. The molecule has 1 saturated carbocycles. The summed E-state index contributed by atoms with van der Waals surface area (Å²) in [5, 5.41) is 0. The third kappa shape index (κ3) is 2.74. The van der Waals surface area contributed by atoms with Crippen molar-refractivity contribution in [3.05, 3.63) is 54.2 Å². The van der Waals surface area contributed by atoms with Gasteiger partial charge >= 0.3 is 5.97 Å². The highest BCUT2D eigenvalue weighted by Crippen LogP contribution is 2.46. The number of hydrogen-bond donors (Lipinski definition) is 0. The average molecular weight is 334 g/mol. The van der Waals surface area contributed by atoms with Crippen molar-refractivity contribution in [2.75, 3.05) is 13.1 Å². The first kappa shape index (κ1) is 15.1. The molecule has 4 heteroatoms. The molecular formula is C21H22N2O2. The number of carbonyl (C=O) groups is 1. The number of aromatic nitrogens is 1. The number of nitrogens with zero attached hydrogens (tertiary/aromatic N) is 2. The van der Waals surface area contributed by atoms with Gasteiger partial charge in [0.1, 0.15) is 0 Å². The zero-order chi connectivity index (χ0) is 16.8. The van der Waals surface area contributed by atoms with Crippen LogP contribution < -0.4 is 0 Å². The van der Waals surface area contributed by atoms with Gasteiger partial charge in [0, 0.05) is 30.8 Å². The van der Waals surface area contributed by atoms with E-state index in [2.05, 4.69) is 9.88 Å². The predicted molar refractivity (Wildman–Crippen MR) is 94.8 cm³/mol. The largest absolute Gasteiger partial charge is 0.442 e. The summed E-state index contributed by atoms with van der Waals surface area (Å²) in [5.41, 5.74) is 2.46. The molecule has 3 saturated heterocycles. The molecule has 3 atom stereocenters. The molecule has 4 aliphatic rings. The van der Waals surface area contributed by atoms with E-state index in [0.29, 0.717) is 11.5 Å². The number of hydrogen-bond acceptors (Lipinski definition) is 4. The molecule has 25 heavy (non-hydrogen) atoms. The van der Waals surface area contributed by atoms with Crippen LogP contribution in [0.3, 0.4) is 0 Å². The van der Waals surface area contributed by atoms with Crippen LogP contribution in [0.15, 0.2) is 48.7 Å². The van der Waals surface area contributed by atoms with Gasteiger partial charge in [0.2, 0.25) is 0 Å². The Morgan fingerprint density at radius 2 is 1.76 bits per heavy atom. The molecule has 128 valence electrons. The van der Waals surface area contributed by atoms with Crippen LogP contribution in [0.5, 0.6) is 0 Å². The van der Waals surface area contributed by atoms with Crippen molar-refractivity contribution in [1.29, 1.82) is 0 Å². The lowest BCUT2D eigenvalue weighted by Gasteiger charge is -2.55. The highest BCUT2D eigenvalue weighted by molar-refractivity contribution is 5.89. The second-order valence-electron chi connectivity index (χ2n) is 7.75. The predicted octanol–water partition coefficient (Wildman–Crippen LogP) is 3.59. The first-order chi connectivity index (χ1) is 12.3. The Morgan fingerprint density at radius 3 is 2.40 bits per heavy atom. The van der Waals surface area contributed by atoms with Crippen molar-refractivity contribution in [3.63, 3.8) is 0 Å². The van der Waals surface area contributed by atoms with Gasteiger partial charge in [0.25, 0.3) is 0 Å². The summed E-state index contributed by atoms with van der Waals surface area (Å²) in [6.45, 7) is 2.19. The maximum absolute atomic E-state index is 12.6. The molecule has 2 aromatic rings. The standard InChI is InChI=1S/C21H22N2O2/c24-21(17-6-7-19(22-11-17)16-4-2-1-3-5-16)25-20-18-9-14-8-15(10-18)13-23(20)12-14/h1-7,11,14-15,18,20H,8-10,12-13H2/t14-,15-,20-/m1/s1. The van der Waals surface area contributed by atoms with Gasteiger partial charge in [0.05, 0.1) is 11.3 Å². The lowest BCUT2D eigenvalue weighted by molar-refractivity contribution is -0.159. The molecule has 4 fully saturated rings. The van der Waals surface area contributed by atoms with E-state index in [1.165, 1.54) is 19.3 Å². The minimum absolute atomic E-state index is 0.0332. The molecular weight excluding hydrogens is 312 g/mol. The van der Waals surface area contributed by atoms with E-state index in [1.807, 2.05) is 42.5 Å². The van der Waals surface area contributed by atoms with E-state index in [0.717, 1.165) is 36.2 Å². The van der Waals surface area contributed by atoms with Gasteiger partial charge in [-0.25, -0.2) is 4.79 Å². The summed E-state index contributed by atoms with van der Waals surface area (Å²) in [6.07, 6.45) is 5.41. The number of benzene rings is 1. The van der Waals surface area contributed by atoms with Crippen molar-refractivity contribution in [2.24, 2.45) is 17.8 Å². The van der Waals surface area contributed by atoms with Crippen LogP contribution in [-0.4, -0.2) is 35.2 Å². The van der Waals surface area contributed by atoms with Crippen molar-refractivity contribution in [3.8, 4) is 11.3 Å². The molecule has 1 aliphatic carbocycles. The third-order valence-corrected chi connectivity index (χ3v) is 5.98. The number of piperidine rings is 3. The van der Waals surface area contributed by atoms with E-state index in [-0.39, 0.29) is 12.2 Å². The normalized spacial score (nSPS) is 32.6. The summed E-state index contributed by atoms with van der Waals surface area (Å²) < 4.78 is 5.91. The molecule has 1 aromatic heterocycles. The summed E-state index contributed by atoms with van der Waals surface area (Å²) in [7, 11) is 0. The molecule has 4 heterocycles. The molecule has 0 unspecified atom stereocenters. The first-order valence-electron chi connectivity index (χ1n) is 9.23. The minimum Gasteiger partial charge on any atom is -0.442 e. The fraction of sp³-hybridized carbons (Fsp3) is 0.429. The molecule has 0 spiro atoms. The van der Waals surface area contributed by atoms with Crippen molar-refractivity contribution in [1.82, 2.24) is 9.88 Å². The molecule has 1 aromatic carbocycles. The Morgan fingerprint density at radius 1 is 1.00 bits per heavy atom. The fourth-order valence-corrected chi connectivity index (χ4v) is 5.03. The molecule has 4 bridgehead atoms. The SMILES string of the molecule is O=C(O[C@@H]1C2C[C@H]3C[C@H](C2)CN1C3)c1ccc(-c2ccccc2)nc1. The number of carbonyl (C=O) groups excluding carboxylic acids is 1. The van der Waals surface area contributed by atoms with Crippen molar-refractivity contribution >= 4 is 5.97 Å². The van der Waals surface area contributed by atoms with Gasteiger partial charge in [-0.3, -0.25) is 9.88 Å². The van der Waals surface area contributed by atoms with Gasteiger partial charge in [0.15, 0.2) is 6.23 Å². The van der Waals surface area contributed by atoms with E-state index >= 15 is 0 Å². The second kappa shape index (κ2) is 5.95. The Hall–Kier alpha value is -2.20. The molecule has 4 nitrogen and oxygen atoms in total. The van der Waals surface area contributed by atoms with E-state index in [9.17, 15) is 4.79 Å². The Kier molecular flexibility index (Phi) is 3.59. The number of esters is 1. The summed E-state index contributed by atoms with van der Waals surface area (Å²) >= 11 is 0. The smallest absolute Gasteiger partial charge is 0.341 e. The average Bonchev–Trinajstić information content (AvgIpc) is 2.65. The van der Waals surface area contributed by atoms with E-state index in [4.69, 9.17) is 4.74 Å². The summed E-state index contributed by atoms with van der Waals surface area (Å²) in [5.74, 6) is 1.91. The summed E-state index contributed by atoms with van der Waals surface area (Å²) in [4.78, 5) is 19.4. The maximum atomic E-state index is 12.6. The Balaban J connectivity index is 1.30. The maximum Gasteiger partial charge on any atom is 0.341 e. The zero-order valence-corrected chi connectivity index (χ0v) is 14.2. The zero-order valence-electron chi connectivity index (χ0n) is 14.2. The molecule has 0 radical (unpaired) electrons. The van der Waals surface area contributed by atoms with Gasteiger partial charge in [-0.2, -0.15) is 0 Å². The summed E-state index contributed by atoms with van der Waals surface area (Å²) in [6, 6.07) is 13.7. The van der Waals surface area contributed by atoms with Crippen LogP contribution in [0, 0.1) is 17.8 Å². The Bertz CT molecular complexity index is 744.